The van der Waals surface area contributed by atoms with Crippen molar-refractivity contribution in [1.82, 2.24) is 0 Å². The number of unbranched alkanes of at least 4 members (excludes halogenated alkanes) is 24. The van der Waals surface area contributed by atoms with E-state index in [0.717, 1.165) is 108 Å². The monoisotopic (exact) mass is 1200 g/mol. The first-order valence-corrected chi connectivity index (χ1v) is 35.2. The zero-order valence-corrected chi connectivity index (χ0v) is 54.2. The first-order valence-electron chi connectivity index (χ1n) is 32.2. The number of aliphatic hydroxyl groups is 1. The maximum absolute atomic E-state index is 12.9. The molecule has 0 rings (SSSR count). The van der Waals surface area contributed by atoms with Gasteiger partial charge in [0.1, 0.15) is 19.3 Å². The van der Waals surface area contributed by atoms with Crippen molar-refractivity contribution in [3.8, 4) is 0 Å². The van der Waals surface area contributed by atoms with Gasteiger partial charge in [0, 0.05) is 25.7 Å². The molecule has 0 radical (unpaired) electrons. The van der Waals surface area contributed by atoms with Crippen molar-refractivity contribution in [1.29, 1.82) is 0 Å². The van der Waals surface area contributed by atoms with Crippen LogP contribution in [0.4, 0.5) is 0 Å². The molecule has 0 aliphatic rings. The lowest BCUT2D eigenvalue weighted by molar-refractivity contribution is -0.161. The van der Waals surface area contributed by atoms with Gasteiger partial charge in [0.25, 0.3) is 0 Å². The maximum atomic E-state index is 12.9. The van der Waals surface area contributed by atoms with E-state index in [4.69, 9.17) is 37.0 Å². The van der Waals surface area contributed by atoms with E-state index in [2.05, 4.69) is 55.4 Å². The molecule has 81 heavy (non-hydrogen) atoms. The van der Waals surface area contributed by atoms with E-state index in [1.165, 1.54) is 89.9 Å². The second-order valence-electron chi connectivity index (χ2n) is 24.1. The average molecular weight is 1200 g/mol. The van der Waals surface area contributed by atoms with Crippen LogP contribution in [-0.2, 0) is 65.4 Å². The summed E-state index contributed by atoms with van der Waals surface area (Å²) in [5.41, 5.74) is 0. The maximum Gasteiger partial charge on any atom is 0.472 e. The third kappa shape index (κ3) is 55.7. The number of hydrogen-bond acceptors (Lipinski definition) is 15. The summed E-state index contributed by atoms with van der Waals surface area (Å²) in [5, 5.41) is 10.5. The summed E-state index contributed by atoms with van der Waals surface area (Å²) in [6.45, 7) is 13.9. The van der Waals surface area contributed by atoms with Crippen molar-refractivity contribution >= 4 is 39.5 Å². The molecule has 19 heteroatoms. The predicted molar refractivity (Wildman–Crippen MR) is 321 cm³/mol. The Balaban J connectivity index is 5.24. The van der Waals surface area contributed by atoms with Crippen LogP contribution in [0.25, 0.3) is 0 Å². The van der Waals surface area contributed by atoms with E-state index in [-0.39, 0.29) is 25.7 Å². The largest absolute Gasteiger partial charge is 0.472 e. The zero-order valence-electron chi connectivity index (χ0n) is 52.4. The molecule has 0 amide bonds. The number of esters is 4. The van der Waals surface area contributed by atoms with Gasteiger partial charge in [0.05, 0.1) is 26.4 Å². The lowest BCUT2D eigenvalue weighted by atomic mass is 10.00. The third-order valence-corrected chi connectivity index (χ3v) is 16.3. The molecular formula is C62H120O17P2. The minimum absolute atomic E-state index is 0.100. The van der Waals surface area contributed by atoms with Gasteiger partial charge in [0.15, 0.2) is 12.2 Å². The van der Waals surface area contributed by atoms with E-state index >= 15 is 0 Å². The van der Waals surface area contributed by atoms with Crippen molar-refractivity contribution < 1.29 is 80.2 Å². The average Bonchev–Trinajstić information content (AvgIpc) is 3.41. The molecule has 0 aliphatic carbocycles. The van der Waals surface area contributed by atoms with Crippen LogP contribution in [-0.4, -0.2) is 96.7 Å². The Morgan fingerprint density at radius 2 is 0.593 bits per heavy atom. The highest BCUT2D eigenvalue weighted by atomic mass is 31.2. The third-order valence-electron chi connectivity index (χ3n) is 14.4. The number of carbonyl (C=O) groups is 4. The molecule has 0 spiro atoms. The number of carbonyl (C=O) groups excluding carboxylic acids is 4. The number of aliphatic hydroxyl groups excluding tert-OH is 1. The number of hydrogen-bond donors (Lipinski definition) is 3. The smallest absolute Gasteiger partial charge is 0.462 e. The zero-order chi connectivity index (χ0) is 60.4. The Morgan fingerprint density at radius 3 is 0.877 bits per heavy atom. The Hall–Kier alpha value is -1.94. The van der Waals surface area contributed by atoms with Crippen molar-refractivity contribution in [2.24, 2.45) is 23.7 Å². The summed E-state index contributed by atoms with van der Waals surface area (Å²) in [4.78, 5) is 72.1. The van der Waals surface area contributed by atoms with E-state index in [0.29, 0.717) is 37.5 Å². The molecule has 0 aliphatic heterocycles. The summed E-state index contributed by atoms with van der Waals surface area (Å²) < 4.78 is 67.8. The van der Waals surface area contributed by atoms with Crippen molar-refractivity contribution in [2.75, 3.05) is 39.6 Å². The Morgan fingerprint density at radius 1 is 0.346 bits per heavy atom. The second kappa shape index (κ2) is 52.4. The van der Waals surface area contributed by atoms with Crippen molar-refractivity contribution in [3.63, 3.8) is 0 Å². The summed E-state index contributed by atoms with van der Waals surface area (Å²) in [6.07, 6.45) is 31.0. The van der Waals surface area contributed by atoms with Crippen molar-refractivity contribution in [3.05, 3.63) is 0 Å². The fourth-order valence-corrected chi connectivity index (χ4v) is 10.6. The minimum Gasteiger partial charge on any atom is -0.462 e. The topological polar surface area (TPSA) is 237 Å². The van der Waals surface area contributed by atoms with E-state index in [9.17, 15) is 43.2 Å². The van der Waals surface area contributed by atoms with E-state index < -0.39 is 97.5 Å². The van der Waals surface area contributed by atoms with Crippen LogP contribution in [0.3, 0.4) is 0 Å². The second-order valence-corrected chi connectivity index (χ2v) is 27.0. The van der Waals surface area contributed by atoms with Crippen molar-refractivity contribution in [2.45, 2.75) is 311 Å². The van der Waals surface area contributed by atoms with Gasteiger partial charge in [-0.15, -0.1) is 0 Å². The standard InChI is InChI=1S/C62H120O17P2/c1-9-55(8)41-33-25-19-21-29-37-45-62(67)79-58(48-72-59(64)42-34-26-16-12-10-11-14-22-30-38-52(2)3)51-77-81(70,71)75-47-56(63)46-74-80(68,69)76-50-57(78-61(66)44-36-28-20-18-24-32-40-54(6)7)49-73-60(65)43-35-27-17-13-15-23-31-39-53(4)5/h52-58,63H,9-51H2,1-8H3,(H,68,69)(H,70,71)/t55?,56?,57-,58-/m1/s1. The van der Waals surface area contributed by atoms with Gasteiger partial charge >= 0.3 is 39.5 Å². The van der Waals surface area contributed by atoms with Gasteiger partial charge in [-0.05, 0) is 49.4 Å². The first kappa shape index (κ1) is 79.1. The van der Waals surface area contributed by atoms with Gasteiger partial charge in [-0.25, -0.2) is 9.13 Å². The van der Waals surface area contributed by atoms with Gasteiger partial charge in [-0.3, -0.25) is 37.3 Å². The normalized spacial score (nSPS) is 14.8. The summed E-state index contributed by atoms with van der Waals surface area (Å²) >= 11 is 0. The van der Waals surface area contributed by atoms with Crippen LogP contribution >= 0.6 is 15.6 Å². The molecule has 0 saturated carbocycles. The predicted octanol–water partition coefficient (Wildman–Crippen LogP) is 16.6. The molecule has 0 aromatic heterocycles. The summed E-state index contributed by atoms with van der Waals surface area (Å²) in [7, 11) is -9.88. The molecule has 0 saturated heterocycles. The minimum atomic E-state index is -4.94. The van der Waals surface area contributed by atoms with Gasteiger partial charge in [-0.1, -0.05) is 242 Å². The lowest BCUT2D eigenvalue weighted by Gasteiger charge is -2.21. The first-order chi connectivity index (χ1) is 38.6. The molecule has 0 heterocycles. The highest BCUT2D eigenvalue weighted by Crippen LogP contribution is 2.45. The summed E-state index contributed by atoms with van der Waals surface area (Å²) in [6, 6.07) is 0. The number of phosphoric acid groups is 2. The highest BCUT2D eigenvalue weighted by Gasteiger charge is 2.30. The van der Waals surface area contributed by atoms with Gasteiger partial charge in [-0.2, -0.15) is 0 Å². The molecule has 0 bridgehead atoms. The fourth-order valence-electron chi connectivity index (χ4n) is 9.04. The highest BCUT2D eigenvalue weighted by molar-refractivity contribution is 7.47. The molecule has 3 N–H and O–H groups in total. The SMILES string of the molecule is CCC(C)CCCCCCCCC(=O)O[C@H](COC(=O)CCCCCCCCCCCC(C)C)COP(=O)(O)OCC(O)COP(=O)(O)OC[C@@H](COC(=O)CCCCCCCCCC(C)C)OC(=O)CCCCCCCCC(C)C. The Kier molecular flexibility index (Phi) is 51.1. The fraction of sp³-hybridized carbons (Fsp3) is 0.935. The van der Waals surface area contributed by atoms with E-state index in [1.807, 2.05) is 0 Å². The number of rotatable bonds is 59. The molecular weight excluding hydrogens is 1080 g/mol. The van der Waals surface area contributed by atoms with Crippen LogP contribution in [0.5, 0.6) is 0 Å². The van der Waals surface area contributed by atoms with Gasteiger partial charge < -0.3 is 33.8 Å². The molecule has 4 unspecified atom stereocenters. The molecule has 17 nitrogen and oxygen atoms in total. The Bertz CT molecular complexity index is 1630. The van der Waals surface area contributed by atoms with Gasteiger partial charge in [0.2, 0.25) is 0 Å². The van der Waals surface area contributed by atoms with Crippen LogP contribution in [0, 0.1) is 23.7 Å². The number of phosphoric ester groups is 2. The quantitative estimate of drug-likeness (QED) is 0.0222. The van der Waals surface area contributed by atoms with Crippen LogP contribution in [0.2, 0.25) is 0 Å². The van der Waals surface area contributed by atoms with Crippen LogP contribution < -0.4 is 0 Å². The molecule has 6 atom stereocenters. The molecule has 0 aromatic carbocycles. The van der Waals surface area contributed by atoms with E-state index in [1.54, 1.807) is 0 Å². The molecule has 480 valence electrons. The number of ether oxygens (including phenoxy) is 4. The molecule has 0 aromatic rings. The lowest BCUT2D eigenvalue weighted by Crippen LogP contribution is -2.30. The Labute approximate surface area is 492 Å². The van der Waals surface area contributed by atoms with Crippen LogP contribution in [0.15, 0.2) is 0 Å². The summed E-state index contributed by atoms with van der Waals surface area (Å²) in [5.74, 6) is 0.690. The van der Waals surface area contributed by atoms with Crippen LogP contribution in [0.1, 0.15) is 293 Å². The molecule has 0 fully saturated rings.